The van der Waals surface area contributed by atoms with Crippen molar-refractivity contribution in [1.82, 2.24) is 9.97 Å². The second-order valence-corrected chi connectivity index (χ2v) is 31.4. The summed E-state index contributed by atoms with van der Waals surface area (Å²) in [6.07, 6.45) is 12.1. The molecule has 0 spiro atoms. The van der Waals surface area contributed by atoms with Crippen molar-refractivity contribution in [3.63, 3.8) is 0 Å². The van der Waals surface area contributed by atoms with E-state index in [0.717, 1.165) is 143 Å². The smallest absolute Gasteiger partial charge is 0.165 e. The minimum Gasteiger partial charge on any atom is -0.512 e. The molecule has 8 aromatic carbocycles. The molecule has 10 aromatic rings. The molecule has 479 valence electrons. The second kappa shape index (κ2) is 26.5. The van der Waals surface area contributed by atoms with Gasteiger partial charge in [0.05, 0.1) is 5.48 Å². The van der Waals surface area contributed by atoms with Crippen LogP contribution in [0.15, 0.2) is 127 Å². The number of aliphatic hydroxyl groups excluding tert-OH is 1. The molecule has 0 saturated heterocycles. The first-order chi connectivity index (χ1) is 44.1. The number of rotatable bonds is 13. The van der Waals surface area contributed by atoms with Gasteiger partial charge >= 0.3 is 0 Å². The molecule has 0 amide bonds. The van der Waals surface area contributed by atoms with Crippen molar-refractivity contribution < 1.29 is 35.5 Å². The standard InChI is InChI=1S/C35H36N.C34H34N.C17H32O2.Ir/c1-21-11-12-25-23(15-21)16-30-29(31(25)20-35(5,6)7)18-24-17-28-22(19-34(2,3)4)9-8-10-26(28)27-13-14-36-33(30)32(24)27;1-33(2,3)19-22-11-9-13-25-26-14-15-35-32-29-16-21-10-7-8-12-24(21)30(20-34(4,5)6)28(29)18-23(31(26)32)17-27(22)25;1-7-16(8-2,9-3)14(18)13-15(19)17(10-4,11-5)12-6;/h8-15,17H,18-20H2,1-7H3;7-15,17H,18-20H2,1-6H3;13,18H,7-12H2,1-6H3;/q2*-1;;/b;;14-13-;/i13D,14D;14D,15D;;. The van der Waals surface area contributed by atoms with Crippen LogP contribution in [-0.2, 0) is 63.4 Å². The molecule has 0 unspecified atom stereocenters. The molecular weight excluding hydrogens is 1290 g/mol. The summed E-state index contributed by atoms with van der Waals surface area (Å²) in [5.74, 6) is 0.377. The summed E-state index contributed by atoms with van der Waals surface area (Å²) >= 11 is 0. The Morgan fingerprint density at radius 3 is 1.33 bits per heavy atom. The molecule has 1 radical (unpaired) electrons. The zero-order valence-corrected chi connectivity index (χ0v) is 60.7. The van der Waals surface area contributed by atoms with Crippen LogP contribution < -0.4 is 0 Å². The number of hydrogen-bond acceptors (Lipinski definition) is 4. The Morgan fingerprint density at radius 1 is 0.495 bits per heavy atom. The second-order valence-electron chi connectivity index (χ2n) is 31.4. The topological polar surface area (TPSA) is 63.1 Å². The van der Waals surface area contributed by atoms with Gasteiger partial charge in [0.25, 0.3) is 0 Å². The number of benzene rings is 8. The van der Waals surface area contributed by atoms with Crippen molar-refractivity contribution in [3.05, 3.63) is 189 Å². The maximum Gasteiger partial charge on any atom is 0.165 e. The van der Waals surface area contributed by atoms with Gasteiger partial charge in [0.1, 0.15) is 5.76 Å². The van der Waals surface area contributed by atoms with Crippen LogP contribution in [0.4, 0.5) is 0 Å². The average molecular weight is 1390 g/mol. The largest absolute Gasteiger partial charge is 0.512 e. The fraction of sp³-hybridized carbons (Fsp3) is 0.430. The third kappa shape index (κ3) is 13.9. The Labute approximate surface area is 565 Å². The quantitative estimate of drug-likeness (QED) is 0.0541. The summed E-state index contributed by atoms with van der Waals surface area (Å²) in [7, 11) is 0. The van der Waals surface area contributed by atoms with E-state index in [0.29, 0.717) is 0 Å². The molecular formula is C86H102IrN2O2-2. The van der Waals surface area contributed by atoms with Gasteiger partial charge in [0.2, 0.25) is 0 Å². The number of ketones is 1. The monoisotopic (exact) mass is 1390 g/mol. The van der Waals surface area contributed by atoms with Gasteiger partial charge in [-0.05, 0) is 183 Å². The van der Waals surface area contributed by atoms with E-state index in [9.17, 15) is 9.90 Å². The number of carbonyl (C=O) groups is 1. The number of hydrogen-bond donors (Lipinski definition) is 1. The van der Waals surface area contributed by atoms with Crippen molar-refractivity contribution in [2.24, 2.45) is 32.5 Å². The molecule has 4 nitrogen and oxygen atoms in total. The zero-order chi connectivity index (χ0) is 68.5. The van der Waals surface area contributed by atoms with Crippen molar-refractivity contribution in [3.8, 4) is 22.5 Å². The van der Waals surface area contributed by atoms with Gasteiger partial charge in [-0.2, -0.15) is 0 Å². The van der Waals surface area contributed by atoms with Crippen LogP contribution >= 0.6 is 0 Å². The van der Waals surface area contributed by atoms with Gasteiger partial charge in [0, 0.05) is 60.7 Å². The summed E-state index contributed by atoms with van der Waals surface area (Å²) in [5, 5.41) is 23.5. The van der Waals surface area contributed by atoms with Crippen molar-refractivity contribution in [2.75, 3.05) is 0 Å². The molecule has 12 rings (SSSR count). The normalized spacial score (nSPS) is 14.0. The minimum absolute atomic E-state index is 0. The predicted octanol–water partition coefficient (Wildman–Crippen LogP) is 23.9. The molecule has 5 heteroatoms. The Morgan fingerprint density at radius 2 is 0.901 bits per heavy atom. The van der Waals surface area contributed by atoms with Crippen molar-refractivity contribution >= 4 is 70.4 Å². The third-order valence-corrected chi connectivity index (χ3v) is 19.9. The molecule has 0 bridgehead atoms. The van der Waals surface area contributed by atoms with E-state index in [1.165, 1.54) is 77.7 Å². The Balaban J connectivity index is 0.000000177. The van der Waals surface area contributed by atoms with Crippen molar-refractivity contribution in [2.45, 2.75) is 209 Å². The third-order valence-electron chi connectivity index (χ3n) is 19.9. The van der Waals surface area contributed by atoms with E-state index in [4.69, 9.17) is 15.5 Å². The molecule has 91 heavy (non-hydrogen) atoms. The summed E-state index contributed by atoms with van der Waals surface area (Å²) < 4.78 is 35.3. The molecule has 2 heterocycles. The first kappa shape index (κ1) is 63.2. The molecule has 0 fully saturated rings. The number of pyridine rings is 2. The van der Waals surface area contributed by atoms with Crippen LogP contribution in [-0.4, -0.2) is 20.9 Å². The number of aromatic nitrogens is 2. The maximum atomic E-state index is 12.5. The summed E-state index contributed by atoms with van der Waals surface area (Å²) in [6.45, 7) is 41.9. The summed E-state index contributed by atoms with van der Waals surface area (Å²) in [5.41, 5.74) is 15.2. The van der Waals surface area contributed by atoms with Crippen molar-refractivity contribution in [1.29, 1.82) is 0 Å². The predicted molar refractivity (Wildman–Crippen MR) is 387 cm³/mol. The molecule has 1 N–H and O–H groups in total. The Hall–Kier alpha value is -6.52. The number of nitrogens with zero attached hydrogens (tertiary/aromatic N) is 2. The van der Waals surface area contributed by atoms with E-state index >= 15 is 0 Å². The fourth-order valence-electron chi connectivity index (χ4n) is 14.9. The van der Waals surface area contributed by atoms with E-state index in [2.05, 4.69) is 235 Å². The number of fused-ring (bicyclic) bond motifs is 10. The van der Waals surface area contributed by atoms with Gasteiger partial charge < -0.3 is 5.11 Å². The molecule has 2 aliphatic carbocycles. The average Bonchev–Trinajstić information content (AvgIpc) is 0.716. The van der Waals surface area contributed by atoms with Crippen LogP contribution in [0.5, 0.6) is 0 Å². The van der Waals surface area contributed by atoms with Crippen LogP contribution in [0, 0.1) is 51.5 Å². The molecule has 0 aliphatic heterocycles. The van der Waals surface area contributed by atoms with E-state index in [-0.39, 0.29) is 88.6 Å². The Kier molecular flexibility index (Phi) is 18.4. The van der Waals surface area contributed by atoms with Gasteiger partial charge in [-0.25, -0.2) is 0 Å². The first-order valence-electron chi connectivity index (χ1n) is 35.7. The zero-order valence-electron chi connectivity index (χ0n) is 62.3. The van der Waals surface area contributed by atoms with E-state index in [1.807, 2.05) is 0 Å². The van der Waals surface area contributed by atoms with Crippen LogP contribution in [0.2, 0.25) is 0 Å². The fourth-order valence-corrected chi connectivity index (χ4v) is 14.9. The van der Waals surface area contributed by atoms with Gasteiger partial charge in [-0.15, -0.1) is 57.3 Å². The van der Waals surface area contributed by atoms with Crippen LogP contribution in [0.3, 0.4) is 0 Å². The minimum atomic E-state index is -0.297. The van der Waals surface area contributed by atoms with Gasteiger partial charge in [-0.3, -0.25) is 14.8 Å². The maximum absolute atomic E-state index is 12.5. The number of aliphatic hydroxyl groups is 1. The molecule has 0 atom stereocenters. The van der Waals surface area contributed by atoms with Gasteiger partial charge in [-0.1, -0.05) is 231 Å². The number of allylic oxidation sites excluding steroid dienone is 2. The summed E-state index contributed by atoms with van der Waals surface area (Å²) in [4.78, 5) is 22.1. The summed E-state index contributed by atoms with van der Waals surface area (Å²) in [6, 6.07) is 40.7. The van der Waals surface area contributed by atoms with Crippen LogP contribution in [0.1, 0.15) is 219 Å². The molecule has 2 aliphatic rings. The molecule has 0 saturated carbocycles. The first-order valence-corrected chi connectivity index (χ1v) is 33.7. The van der Waals surface area contributed by atoms with E-state index in [1.54, 1.807) is 0 Å². The number of carbonyl (C=O) groups excluding carboxylic acids is 1. The van der Waals surface area contributed by atoms with Crippen LogP contribution in [0.25, 0.3) is 87.1 Å². The number of aryl methyl sites for hydroxylation is 1. The Bertz CT molecular complexity index is 4640. The van der Waals surface area contributed by atoms with Gasteiger partial charge in [0.15, 0.2) is 5.78 Å². The van der Waals surface area contributed by atoms with E-state index < -0.39 is 0 Å². The SMILES string of the molecule is CCC(CC)(CC)C(=O)/C=C(\O)C(CC)(CC)CC.[2H]c1nc2c3c(cc4c(CC(C)(C)C)cccc4c3c1[2H])Cc1c-2[c-]c2cc(C)ccc2c1CC(C)(C)C.[2H]c1nc2c3c(cc4c(CC(C)(C)C)cccc4c3c1[2H])Cc1c-2[c-]c2ccccc2c1CC(C)(C)C.[Ir]. The molecule has 2 aromatic heterocycles.